The fraction of sp³-hybridized carbons (Fsp3) is 0.286. The van der Waals surface area contributed by atoms with Crippen LogP contribution in [0.4, 0.5) is 0 Å². The molecule has 3 nitrogen and oxygen atoms in total. The molecule has 2 aromatic rings. The van der Waals surface area contributed by atoms with E-state index in [1.54, 1.807) is 12.1 Å². The second-order valence-corrected chi connectivity index (χ2v) is 5.77. The fourth-order valence-electron chi connectivity index (χ4n) is 2.10. The Hall–Kier alpha value is -2.55. The van der Waals surface area contributed by atoms with Crippen molar-refractivity contribution >= 4 is 12.0 Å². The van der Waals surface area contributed by atoms with Crippen molar-refractivity contribution in [3.05, 3.63) is 65.2 Å². The van der Waals surface area contributed by atoms with Crippen LogP contribution in [0.2, 0.25) is 0 Å². The highest BCUT2D eigenvalue weighted by atomic mass is 16.5. The van der Waals surface area contributed by atoms with Crippen molar-refractivity contribution in [3.63, 3.8) is 0 Å². The molecule has 24 heavy (non-hydrogen) atoms. The highest BCUT2D eigenvalue weighted by Crippen LogP contribution is 2.17. The average molecular weight is 324 g/mol. The summed E-state index contributed by atoms with van der Waals surface area (Å²) < 4.78 is 10.9. The third-order valence-electron chi connectivity index (χ3n) is 3.76. The van der Waals surface area contributed by atoms with E-state index in [2.05, 4.69) is 6.92 Å². The number of rotatable bonds is 7. The second-order valence-electron chi connectivity index (χ2n) is 5.77. The van der Waals surface area contributed by atoms with Gasteiger partial charge in [-0.25, -0.2) is 4.79 Å². The maximum Gasteiger partial charge on any atom is 0.336 e. The molecule has 0 spiro atoms. The lowest BCUT2D eigenvalue weighted by Gasteiger charge is -2.05. The first-order valence-corrected chi connectivity index (χ1v) is 8.28. The van der Waals surface area contributed by atoms with Gasteiger partial charge in [-0.1, -0.05) is 31.5 Å². The molecule has 0 fully saturated rings. The van der Waals surface area contributed by atoms with Crippen molar-refractivity contribution < 1.29 is 14.3 Å². The van der Waals surface area contributed by atoms with Gasteiger partial charge in [-0.3, -0.25) is 0 Å². The summed E-state index contributed by atoms with van der Waals surface area (Å²) in [5.74, 6) is 1.02. The molecular formula is C21H24O3. The van der Waals surface area contributed by atoms with Gasteiger partial charge in [-0.05, 0) is 67.3 Å². The van der Waals surface area contributed by atoms with E-state index < -0.39 is 0 Å². The topological polar surface area (TPSA) is 35.5 Å². The molecule has 0 unspecified atom stereocenters. The van der Waals surface area contributed by atoms with Crippen molar-refractivity contribution in [1.29, 1.82) is 0 Å². The maximum atomic E-state index is 11.9. The molecule has 0 atom stereocenters. The van der Waals surface area contributed by atoms with Crippen LogP contribution in [0.1, 0.15) is 36.5 Å². The van der Waals surface area contributed by atoms with E-state index in [4.69, 9.17) is 9.47 Å². The van der Waals surface area contributed by atoms with Crippen LogP contribution in [-0.4, -0.2) is 12.6 Å². The summed E-state index contributed by atoms with van der Waals surface area (Å²) in [4.78, 5) is 11.9. The van der Waals surface area contributed by atoms with Crippen molar-refractivity contribution in [2.75, 3.05) is 6.61 Å². The third kappa shape index (κ3) is 5.58. The molecule has 0 N–H and O–H groups in total. The Morgan fingerprint density at radius 1 is 1.00 bits per heavy atom. The Balaban J connectivity index is 1.89. The number of ether oxygens (including phenoxy) is 2. The van der Waals surface area contributed by atoms with Crippen LogP contribution in [0.5, 0.6) is 11.5 Å². The summed E-state index contributed by atoms with van der Waals surface area (Å²) in [5, 5.41) is 0. The number of aryl methyl sites for hydroxylation is 2. The Bertz CT molecular complexity index is 700. The Kier molecular flexibility index (Phi) is 6.62. The zero-order chi connectivity index (χ0) is 17.4. The van der Waals surface area contributed by atoms with Gasteiger partial charge in [0.2, 0.25) is 0 Å². The largest absolute Gasteiger partial charge is 0.494 e. The van der Waals surface area contributed by atoms with Gasteiger partial charge in [0.1, 0.15) is 11.5 Å². The molecule has 0 bridgehead atoms. The molecular weight excluding hydrogens is 300 g/mol. The molecule has 0 saturated carbocycles. The Labute approximate surface area is 143 Å². The highest BCUT2D eigenvalue weighted by molar-refractivity contribution is 5.88. The zero-order valence-electron chi connectivity index (χ0n) is 14.5. The van der Waals surface area contributed by atoms with Crippen LogP contribution in [0.3, 0.4) is 0 Å². The number of unbranched alkanes of at least 4 members (excludes halogenated alkanes) is 1. The van der Waals surface area contributed by atoms with E-state index in [1.165, 1.54) is 11.6 Å². The van der Waals surface area contributed by atoms with Crippen molar-refractivity contribution in [2.24, 2.45) is 0 Å². The minimum atomic E-state index is -0.387. The summed E-state index contributed by atoms with van der Waals surface area (Å²) in [5.41, 5.74) is 3.20. The second kappa shape index (κ2) is 8.92. The number of benzene rings is 2. The van der Waals surface area contributed by atoms with Gasteiger partial charge in [0.05, 0.1) is 6.61 Å². The summed E-state index contributed by atoms with van der Waals surface area (Å²) in [6.45, 7) is 6.88. The van der Waals surface area contributed by atoms with E-state index in [1.807, 2.05) is 50.2 Å². The summed E-state index contributed by atoms with van der Waals surface area (Å²) in [6.07, 6.45) is 5.33. The number of esters is 1. The van der Waals surface area contributed by atoms with Gasteiger partial charge in [0.15, 0.2) is 0 Å². The van der Waals surface area contributed by atoms with Crippen molar-refractivity contribution in [1.82, 2.24) is 0 Å². The number of hydrogen-bond acceptors (Lipinski definition) is 3. The quantitative estimate of drug-likeness (QED) is 0.307. The molecule has 0 aliphatic rings. The molecule has 2 rings (SSSR count). The highest BCUT2D eigenvalue weighted by Gasteiger charge is 2.02. The molecule has 0 amide bonds. The molecule has 0 aliphatic carbocycles. The van der Waals surface area contributed by atoms with E-state index in [-0.39, 0.29) is 5.97 Å². The van der Waals surface area contributed by atoms with Gasteiger partial charge < -0.3 is 9.47 Å². The van der Waals surface area contributed by atoms with E-state index in [9.17, 15) is 4.79 Å². The number of carbonyl (C=O) groups is 1. The lowest BCUT2D eigenvalue weighted by molar-refractivity contribution is -0.128. The van der Waals surface area contributed by atoms with Gasteiger partial charge in [-0.2, -0.15) is 0 Å². The first-order valence-electron chi connectivity index (χ1n) is 8.28. The SMILES string of the molecule is CCCCOc1ccc(/C=C/C(=O)Oc2ccc(C)c(C)c2)cc1. The Morgan fingerprint density at radius 3 is 2.38 bits per heavy atom. The minimum Gasteiger partial charge on any atom is -0.494 e. The minimum absolute atomic E-state index is 0.387. The third-order valence-corrected chi connectivity index (χ3v) is 3.76. The zero-order valence-corrected chi connectivity index (χ0v) is 14.5. The van der Waals surface area contributed by atoms with Crippen molar-refractivity contribution in [3.8, 4) is 11.5 Å². The Morgan fingerprint density at radius 2 is 1.71 bits per heavy atom. The summed E-state index contributed by atoms with van der Waals surface area (Å²) in [7, 11) is 0. The molecule has 0 aromatic heterocycles. The summed E-state index contributed by atoms with van der Waals surface area (Å²) in [6, 6.07) is 13.3. The maximum absolute atomic E-state index is 11.9. The molecule has 0 radical (unpaired) electrons. The number of carbonyl (C=O) groups excluding carboxylic acids is 1. The van der Waals surface area contributed by atoms with Crippen LogP contribution in [0.25, 0.3) is 6.08 Å². The van der Waals surface area contributed by atoms with Crippen LogP contribution >= 0.6 is 0 Å². The first-order chi connectivity index (χ1) is 11.6. The van der Waals surface area contributed by atoms with Gasteiger partial charge in [0.25, 0.3) is 0 Å². The monoisotopic (exact) mass is 324 g/mol. The van der Waals surface area contributed by atoms with Crippen LogP contribution < -0.4 is 9.47 Å². The van der Waals surface area contributed by atoms with E-state index >= 15 is 0 Å². The summed E-state index contributed by atoms with van der Waals surface area (Å²) >= 11 is 0. The molecule has 0 aliphatic heterocycles. The fourth-order valence-corrected chi connectivity index (χ4v) is 2.10. The van der Waals surface area contributed by atoms with Gasteiger partial charge in [-0.15, -0.1) is 0 Å². The molecule has 126 valence electrons. The molecule has 0 saturated heterocycles. The molecule has 0 heterocycles. The van der Waals surface area contributed by atoms with Crippen LogP contribution in [-0.2, 0) is 4.79 Å². The predicted molar refractivity (Wildman–Crippen MR) is 97.4 cm³/mol. The predicted octanol–water partition coefficient (Wildman–Crippen LogP) is 5.10. The van der Waals surface area contributed by atoms with E-state index in [0.29, 0.717) is 5.75 Å². The van der Waals surface area contributed by atoms with Crippen LogP contribution in [0.15, 0.2) is 48.5 Å². The lowest BCUT2D eigenvalue weighted by atomic mass is 10.1. The molecule has 2 aromatic carbocycles. The van der Waals surface area contributed by atoms with E-state index in [0.717, 1.165) is 36.3 Å². The van der Waals surface area contributed by atoms with Gasteiger partial charge in [0, 0.05) is 6.08 Å². The lowest BCUT2D eigenvalue weighted by Crippen LogP contribution is -2.03. The first kappa shape index (κ1) is 17.8. The van der Waals surface area contributed by atoms with Crippen molar-refractivity contribution in [2.45, 2.75) is 33.6 Å². The average Bonchev–Trinajstić information content (AvgIpc) is 2.58. The number of hydrogen-bond donors (Lipinski definition) is 0. The molecule has 3 heteroatoms. The van der Waals surface area contributed by atoms with Gasteiger partial charge >= 0.3 is 5.97 Å². The smallest absolute Gasteiger partial charge is 0.336 e. The normalized spacial score (nSPS) is 10.8. The van der Waals surface area contributed by atoms with Crippen LogP contribution in [0, 0.1) is 13.8 Å². The standard InChI is InChI=1S/C21H24O3/c1-4-5-14-23-19-11-7-18(8-12-19)9-13-21(22)24-20-10-6-16(2)17(3)15-20/h6-13,15H,4-5,14H2,1-3H3/b13-9+.